The first kappa shape index (κ1) is 19.9. The number of likely N-dealkylation sites (N-methyl/N-ethyl adjacent to an activating group) is 1. The second-order valence-electron chi connectivity index (χ2n) is 5.95. The quantitative estimate of drug-likeness (QED) is 0.806. The van der Waals surface area contributed by atoms with Crippen LogP contribution in [-0.4, -0.2) is 38.8 Å². The van der Waals surface area contributed by atoms with Gasteiger partial charge in [-0.1, -0.05) is 31.2 Å². The standard InChI is InChI=1S/C19H24N2O4S/c1-5-21(13-19(22)20-16-9-7-6-8-15(16)3)26(23,24)18-12-14(2)10-11-17(18)25-4/h6-12H,5,13H2,1-4H3,(H,20,22). The number of anilines is 1. The zero-order valence-corrected chi connectivity index (χ0v) is 16.3. The van der Waals surface area contributed by atoms with Gasteiger partial charge in [-0.05, 0) is 43.2 Å². The number of nitrogens with zero attached hydrogens (tertiary/aromatic N) is 1. The van der Waals surface area contributed by atoms with Gasteiger partial charge in [-0.25, -0.2) is 8.42 Å². The third-order valence-corrected chi connectivity index (χ3v) is 5.97. The minimum atomic E-state index is -3.87. The van der Waals surface area contributed by atoms with Crippen molar-refractivity contribution in [1.29, 1.82) is 0 Å². The number of hydrogen-bond acceptors (Lipinski definition) is 4. The zero-order chi connectivity index (χ0) is 19.3. The lowest BCUT2D eigenvalue weighted by Crippen LogP contribution is -2.38. The Kier molecular flexibility index (Phi) is 6.39. The molecule has 140 valence electrons. The fraction of sp³-hybridized carbons (Fsp3) is 0.316. The van der Waals surface area contributed by atoms with E-state index in [0.29, 0.717) is 5.69 Å². The van der Waals surface area contributed by atoms with E-state index in [0.717, 1.165) is 15.4 Å². The van der Waals surface area contributed by atoms with Crippen molar-refractivity contribution in [1.82, 2.24) is 4.31 Å². The summed E-state index contributed by atoms with van der Waals surface area (Å²) in [5, 5.41) is 2.76. The maximum absolute atomic E-state index is 13.0. The summed E-state index contributed by atoms with van der Waals surface area (Å²) in [6.07, 6.45) is 0. The van der Waals surface area contributed by atoms with E-state index in [1.54, 1.807) is 38.1 Å². The van der Waals surface area contributed by atoms with Crippen molar-refractivity contribution in [2.45, 2.75) is 25.7 Å². The number of methoxy groups -OCH3 is 1. The molecule has 0 heterocycles. The van der Waals surface area contributed by atoms with Crippen molar-refractivity contribution in [2.75, 3.05) is 25.5 Å². The van der Waals surface area contributed by atoms with E-state index in [2.05, 4.69) is 5.32 Å². The van der Waals surface area contributed by atoms with Crippen LogP contribution in [0.25, 0.3) is 0 Å². The Hall–Kier alpha value is -2.38. The molecule has 0 aliphatic heterocycles. The summed E-state index contributed by atoms with van der Waals surface area (Å²) in [6, 6.07) is 12.3. The summed E-state index contributed by atoms with van der Waals surface area (Å²) < 4.78 is 32.4. The summed E-state index contributed by atoms with van der Waals surface area (Å²) in [7, 11) is -2.44. The SMILES string of the molecule is CCN(CC(=O)Nc1ccccc1C)S(=O)(=O)c1cc(C)ccc1OC. The molecule has 2 rings (SSSR count). The Labute approximate surface area is 154 Å². The first-order chi connectivity index (χ1) is 12.3. The number of carbonyl (C=O) groups is 1. The fourth-order valence-corrected chi connectivity index (χ4v) is 4.20. The van der Waals surface area contributed by atoms with E-state index in [9.17, 15) is 13.2 Å². The molecule has 6 nitrogen and oxygen atoms in total. The molecule has 0 aliphatic rings. The minimum Gasteiger partial charge on any atom is -0.495 e. The molecule has 0 unspecified atom stereocenters. The van der Waals surface area contributed by atoms with Crippen LogP contribution in [0, 0.1) is 13.8 Å². The molecule has 1 N–H and O–H groups in total. The number of amides is 1. The molecule has 0 bridgehead atoms. The molecule has 1 amide bonds. The lowest BCUT2D eigenvalue weighted by atomic mass is 10.2. The number of carbonyl (C=O) groups excluding carboxylic acids is 1. The van der Waals surface area contributed by atoms with E-state index in [1.807, 2.05) is 25.1 Å². The van der Waals surface area contributed by atoms with E-state index < -0.39 is 15.9 Å². The van der Waals surface area contributed by atoms with Crippen LogP contribution < -0.4 is 10.1 Å². The Morgan fingerprint density at radius 3 is 2.46 bits per heavy atom. The van der Waals surface area contributed by atoms with Gasteiger partial charge in [-0.2, -0.15) is 4.31 Å². The van der Waals surface area contributed by atoms with Gasteiger partial charge in [-0.3, -0.25) is 4.79 Å². The minimum absolute atomic E-state index is 0.0607. The number of sulfonamides is 1. The summed E-state index contributed by atoms with van der Waals surface area (Å²) in [6.45, 7) is 5.27. The van der Waals surface area contributed by atoms with Crippen LogP contribution in [0.4, 0.5) is 5.69 Å². The molecule has 0 atom stereocenters. The van der Waals surface area contributed by atoms with Crippen molar-refractivity contribution >= 4 is 21.6 Å². The number of para-hydroxylation sites is 1. The molecular formula is C19H24N2O4S. The van der Waals surface area contributed by atoms with Crippen molar-refractivity contribution < 1.29 is 17.9 Å². The van der Waals surface area contributed by atoms with E-state index >= 15 is 0 Å². The normalized spacial score (nSPS) is 11.4. The Morgan fingerprint density at radius 2 is 1.85 bits per heavy atom. The highest BCUT2D eigenvalue weighted by Crippen LogP contribution is 2.27. The summed E-state index contributed by atoms with van der Waals surface area (Å²) in [4.78, 5) is 12.4. The van der Waals surface area contributed by atoms with Gasteiger partial charge in [0.15, 0.2) is 0 Å². The van der Waals surface area contributed by atoms with E-state index in [-0.39, 0.29) is 23.7 Å². The van der Waals surface area contributed by atoms with Gasteiger partial charge in [0.25, 0.3) is 0 Å². The van der Waals surface area contributed by atoms with Crippen molar-refractivity contribution in [2.24, 2.45) is 0 Å². The summed E-state index contributed by atoms with van der Waals surface area (Å²) in [5.41, 5.74) is 2.37. The highest BCUT2D eigenvalue weighted by atomic mass is 32.2. The fourth-order valence-electron chi connectivity index (χ4n) is 2.55. The number of aryl methyl sites for hydroxylation is 2. The number of hydrogen-bond donors (Lipinski definition) is 1. The van der Waals surface area contributed by atoms with E-state index in [1.165, 1.54) is 7.11 Å². The molecule has 0 aliphatic carbocycles. The van der Waals surface area contributed by atoms with Crippen LogP contribution in [0.5, 0.6) is 5.75 Å². The second-order valence-corrected chi connectivity index (χ2v) is 7.85. The molecule has 0 radical (unpaired) electrons. The van der Waals surface area contributed by atoms with Crippen LogP contribution >= 0.6 is 0 Å². The molecular weight excluding hydrogens is 352 g/mol. The first-order valence-corrected chi connectivity index (χ1v) is 9.74. The molecule has 0 spiro atoms. The number of ether oxygens (including phenoxy) is 1. The van der Waals surface area contributed by atoms with Crippen molar-refractivity contribution in [3.05, 3.63) is 53.6 Å². The van der Waals surface area contributed by atoms with Gasteiger partial charge in [-0.15, -0.1) is 0 Å². The third kappa shape index (κ3) is 4.42. The third-order valence-electron chi connectivity index (χ3n) is 4.03. The molecule has 2 aromatic carbocycles. The van der Waals surface area contributed by atoms with E-state index in [4.69, 9.17) is 4.74 Å². The number of rotatable bonds is 7. The Morgan fingerprint density at radius 1 is 1.15 bits per heavy atom. The van der Waals surface area contributed by atoms with Gasteiger partial charge < -0.3 is 10.1 Å². The molecule has 0 fully saturated rings. The van der Waals surface area contributed by atoms with Crippen molar-refractivity contribution in [3.63, 3.8) is 0 Å². The molecule has 0 aromatic heterocycles. The highest BCUT2D eigenvalue weighted by Gasteiger charge is 2.28. The molecule has 7 heteroatoms. The monoisotopic (exact) mass is 376 g/mol. The number of nitrogens with one attached hydrogen (secondary N) is 1. The smallest absolute Gasteiger partial charge is 0.247 e. The number of benzene rings is 2. The zero-order valence-electron chi connectivity index (χ0n) is 15.4. The van der Waals surface area contributed by atoms with Gasteiger partial charge in [0.2, 0.25) is 15.9 Å². The van der Waals surface area contributed by atoms with Gasteiger partial charge >= 0.3 is 0 Å². The van der Waals surface area contributed by atoms with Gasteiger partial charge in [0.05, 0.1) is 13.7 Å². The van der Waals surface area contributed by atoms with Crippen LogP contribution in [0.3, 0.4) is 0 Å². The molecule has 26 heavy (non-hydrogen) atoms. The lowest BCUT2D eigenvalue weighted by Gasteiger charge is -2.21. The highest BCUT2D eigenvalue weighted by molar-refractivity contribution is 7.89. The Balaban J connectivity index is 2.26. The predicted molar refractivity (Wildman–Crippen MR) is 102 cm³/mol. The molecule has 2 aromatic rings. The topological polar surface area (TPSA) is 75.7 Å². The van der Waals surface area contributed by atoms with Crippen molar-refractivity contribution in [3.8, 4) is 5.75 Å². The summed E-state index contributed by atoms with van der Waals surface area (Å²) in [5.74, 6) is -0.135. The first-order valence-electron chi connectivity index (χ1n) is 8.30. The average molecular weight is 376 g/mol. The van der Waals surface area contributed by atoms with Gasteiger partial charge in [0.1, 0.15) is 10.6 Å². The predicted octanol–water partition coefficient (Wildman–Crippen LogP) is 2.96. The molecule has 0 saturated carbocycles. The average Bonchev–Trinajstić information content (AvgIpc) is 2.61. The van der Waals surface area contributed by atoms with Crippen LogP contribution in [0.2, 0.25) is 0 Å². The largest absolute Gasteiger partial charge is 0.495 e. The van der Waals surface area contributed by atoms with Crippen LogP contribution in [0.1, 0.15) is 18.1 Å². The Bertz CT molecular complexity index is 894. The summed E-state index contributed by atoms with van der Waals surface area (Å²) >= 11 is 0. The maximum Gasteiger partial charge on any atom is 0.247 e. The van der Waals surface area contributed by atoms with Gasteiger partial charge in [0, 0.05) is 12.2 Å². The maximum atomic E-state index is 13.0. The second kappa shape index (κ2) is 8.33. The van der Waals surface area contributed by atoms with Crippen LogP contribution in [0.15, 0.2) is 47.4 Å². The molecule has 0 saturated heterocycles. The lowest BCUT2D eigenvalue weighted by molar-refractivity contribution is -0.116. The van der Waals surface area contributed by atoms with Crippen LogP contribution in [-0.2, 0) is 14.8 Å².